The van der Waals surface area contributed by atoms with Crippen LogP contribution in [0.1, 0.15) is 23.1 Å². The molecule has 0 spiro atoms. The standard InChI is InChI=1S/C21H24N6OS/c1-3-29-18-7-5-4-6-17(18)21(28)26-14-12-25(13-15-26)19-8-9-20(24-23-19)27-11-10-22-16(27)2/h4-11H,3,12-15H2,1-2H3. The summed E-state index contributed by atoms with van der Waals surface area (Å²) in [7, 11) is 0. The van der Waals surface area contributed by atoms with Crippen molar-refractivity contribution in [3.05, 3.63) is 60.2 Å². The average Bonchev–Trinajstić information content (AvgIpc) is 3.20. The zero-order chi connectivity index (χ0) is 20.2. The summed E-state index contributed by atoms with van der Waals surface area (Å²) in [5.41, 5.74) is 0.799. The van der Waals surface area contributed by atoms with Crippen molar-refractivity contribution in [3.8, 4) is 5.82 Å². The van der Waals surface area contributed by atoms with Gasteiger partial charge in [-0.2, -0.15) is 0 Å². The Labute approximate surface area is 174 Å². The van der Waals surface area contributed by atoms with E-state index in [1.807, 2.05) is 59.0 Å². The summed E-state index contributed by atoms with van der Waals surface area (Å²) in [4.78, 5) is 22.4. The molecule has 150 valence electrons. The normalized spacial score (nSPS) is 14.3. The molecule has 0 atom stereocenters. The van der Waals surface area contributed by atoms with Crippen molar-refractivity contribution in [3.63, 3.8) is 0 Å². The molecule has 1 saturated heterocycles. The van der Waals surface area contributed by atoms with E-state index < -0.39 is 0 Å². The first kappa shape index (κ1) is 19.4. The molecular weight excluding hydrogens is 384 g/mol. The van der Waals surface area contributed by atoms with E-state index in [1.54, 1.807) is 18.0 Å². The second-order valence-corrected chi connectivity index (χ2v) is 8.11. The number of hydrogen-bond donors (Lipinski definition) is 0. The fourth-order valence-corrected chi connectivity index (χ4v) is 4.27. The van der Waals surface area contributed by atoms with E-state index in [0.29, 0.717) is 13.1 Å². The summed E-state index contributed by atoms with van der Waals surface area (Å²) in [6, 6.07) is 11.8. The van der Waals surface area contributed by atoms with E-state index in [9.17, 15) is 4.79 Å². The molecule has 3 aromatic rings. The molecule has 8 heteroatoms. The van der Waals surface area contributed by atoms with Crippen molar-refractivity contribution in [2.75, 3.05) is 36.8 Å². The average molecular weight is 409 g/mol. The minimum atomic E-state index is 0.109. The fraction of sp³-hybridized carbons (Fsp3) is 0.333. The number of anilines is 1. The zero-order valence-electron chi connectivity index (χ0n) is 16.7. The van der Waals surface area contributed by atoms with Gasteiger partial charge in [-0.1, -0.05) is 19.1 Å². The Morgan fingerprint density at radius 2 is 1.76 bits per heavy atom. The Morgan fingerprint density at radius 3 is 2.41 bits per heavy atom. The van der Waals surface area contributed by atoms with Gasteiger partial charge in [-0.15, -0.1) is 22.0 Å². The smallest absolute Gasteiger partial charge is 0.255 e. The summed E-state index contributed by atoms with van der Waals surface area (Å²) in [5, 5.41) is 8.73. The van der Waals surface area contributed by atoms with Crippen LogP contribution < -0.4 is 4.90 Å². The summed E-state index contributed by atoms with van der Waals surface area (Å²) < 4.78 is 1.90. The highest BCUT2D eigenvalue weighted by atomic mass is 32.2. The molecule has 1 aliphatic heterocycles. The topological polar surface area (TPSA) is 67.2 Å². The number of carbonyl (C=O) groups excluding carboxylic acids is 1. The molecule has 1 fully saturated rings. The van der Waals surface area contributed by atoms with Crippen molar-refractivity contribution in [2.24, 2.45) is 0 Å². The lowest BCUT2D eigenvalue weighted by atomic mass is 10.2. The van der Waals surface area contributed by atoms with E-state index in [0.717, 1.165) is 46.8 Å². The molecule has 1 amide bonds. The molecule has 0 N–H and O–H groups in total. The number of benzene rings is 1. The van der Waals surface area contributed by atoms with Crippen LogP contribution in [0.5, 0.6) is 0 Å². The van der Waals surface area contributed by atoms with Crippen molar-refractivity contribution in [1.29, 1.82) is 0 Å². The predicted molar refractivity (Wildman–Crippen MR) is 115 cm³/mol. The largest absolute Gasteiger partial charge is 0.352 e. The third-order valence-corrected chi connectivity index (χ3v) is 5.97. The highest BCUT2D eigenvalue weighted by Gasteiger charge is 2.24. The molecule has 4 rings (SSSR count). The molecule has 0 saturated carbocycles. The summed E-state index contributed by atoms with van der Waals surface area (Å²) in [6.45, 7) is 6.87. The number of nitrogens with zero attached hydrogens (tertiary/aromatic N) is 6. The van der Waals surface area contributed by atoms with Gasteiger partial charge in [0.05, 0.1) is 5.56 Å². The van der Waals surface area contributed by atoms with Gasteiger partial charge in [0, 0.05) is 43.5 Å². The van der Waals surface area contributed by atoms with Crippen LogP contribution in [0.3, 0.4) is 0 Å². The number of thioether (sulfide) groups is 1. The fourth-order valence-electron chi connectivity index (χ4n) is 3.47. The van der Waals surface area contributed by atoms with E-state index in [4.69, 9.17) is 0 Å². The van der Waals surface area contributed by atoms with Gasteiger partial charge in [0.25, 0.3) is 5.91 Å². The Morgan fingerprint density at radius 1 is 1.03 bits per heavy atom. The van der Waals surface area contributed by atoms with Crippen molar-refractivity contribution < 1.29 is 4.79 Å². The summed E-state index contributed by atoms with van der Waals surface area (Å²) >= 11 is 1.71. The lowest BCUT2D eigenvalue weighted by molar-refractivity contribution is 0.0743. The van der Waals surface area contributed by atoms with Crippen LogP contribution in [0.25, 0.3) is 5.82 Å². The van der Waals surface area contributed by atoms with Crippen LogP contribution in [-0.4, -0.2) is 62.5 Å². The molecular formula is C21H24N6OS. The van der Waals surface area contributed by atoms with Crippen molar-refractivity contribution in [2.45, 2.75) is 18.7 Å². The van der Waals surface area contributed by atoms with Gasteiger partial charge in [-0.25, -0.2) is 4.98 Å². The number of piperazine rings is 1. The lowest BCUT2D eigenvalue weighted by Gasteiger charge is -2.35. The third-order valence-electron chi connectivity index (χ3n) is 5.02. The van der Waals surface area contributed by atoms with Crippen LogP contribution in [-0.2, 0) is 0 Å². The van der Waals surface area contributed by atoms with Crippen molar-refractivity contribution >= 4 is 23.5 Å². The second-order valence-electron chi connectivity index (χ2n) is 6.80. The first-order valence-corrected chi connectivity index (χ1v) is 10.8. The molecule has 0 radical (unpaired) electrons. The maximum Gasteiger partial charge on any atom is 0.255 e. The SMILES string of the molecule is CCSc1ccccc1C(=O)N1CCN(c2ccc(-n3ccnc3C)nn2)CC1. The van der Waals surface area contributed by atoms with Gasteiger partial charge < -0.3 is 9.80 Å². The Kier molecular flexibility index (Phi) is 5.80. The van der Waals surface area contributed by atoms with Crippen LogP contribution in [0.2, 0.25) is 0 Å². The van der Waals surface area contributed by atoms with E-state index in [-0.39, 0.29) is 5.91 Å². The zero-order valence-corrected chi connectivity index (χ0v) is 17.5. The first-order chi connectivity index (χ1) is 14.2. The molecule has 0 bridgehead atoms. The predicted octanol–water partition coefficient (Wildman–Crippen LogP) is 3.05. The van der Waals surface area contributed by atoms with Gasteiger partial charge in [0.2, 0.25) is 0 Å². The molecule has 0 aliphatic carbocycles. The van der Waals surface area contributed by atoms with Gasteiger partial charge in [0.1, 0.15) is 5.82 Å². The number of amides is 1. The van der Waals surface area contributed by atoms with Crippen LogP contribution in [0.15, 0.2) is 53.7 Å². The van der Waals surface area contributed by atoms with Crippen molar-refractivity contribution in [1.82, 2.24) is 24.6 Å². The molecule has 7 nitrogen and oxygen atoms in total. The monoisotopic (exact) mass is 408 g/mol. The molecule has 2 aromatic heterocycles. The Hall–Kier alpha value is -2.87. The highest BCUT2D eigenvalue weighted by molar-refractivity contribution is 7.99. The Balaban J connectivity index is 1.41. The number of imidazole rings is 1. The number of carbonyl (C=O) groups is 1. The van der Waals surface area contributed by atoms with Gasteiger partial charge in [-0.3, -0.25) is 9.36 Å². The number of hydrogen-bond acceptors (Lipinski definition) is 6. The number of rotatable bonds is 5. The van der Waals surface area contributed by atoms with E-state index in [1.165, 1.54) is 0 Å². The van der Waals surface area contributed by atoms with Gasteiger partial charge in [0.15, 0.2) is 11.6 Å². The molecule has 0 unspecified atom stereocenters. The van der Waals surface area contributed by atoms with Gasteiger partial charge >= 0.3 is 0 Å². The quantitative estimate of drug-likeness (QED) is 0.605. The number of aryl methyl sites for hydroxylation is 1. The maximum absolute atomic E-state index is 13.0. The van der Waals surface area contributed by atoms with Gasteiger partial charge in [-0.05, 0) is 36.9 Å². The maximum atomic E-state index is 13.0. The number of aromatic nitrogens is 4. The minimum Gasteiger partial charge on any atom is -0.352 e. The third kappa shape index (κ3) is 4.12. The van der Waals surface area contributed by atoms with E-state index >= 15 is 0 Å². The molecule has 3 heterocycles. The second kappa shape index (κ2) is 8.65. The van der Waals surface area contributed by atoms with Crippen LogP contribution in [0, 0.1) is 6.92 Å². The van der Waals surface area contributed by atoms with E-state index in [2.05, 4.69) is 27.0 Å². The molecule has 1 aliphatic rings. The minimum absolute atomic E-state index is 0.109. The molecule has 1 aromatic carbocycles. The first-order valence-electron chi connectivity index (χ1n) is 9.77. The Bertz CT molecular complexity index is 979. The summed E-state index contributed by atoms with van der Waals surface area (Å²) in [6.07, 6.45) is 3.62. The summed E-state index contributed by atoms with van der Waals surface area (Å²) in [5.74, 6) is 3.52. The molecule has 29 heavy (non-hydrogen) atoms. The lowest BCUT2D eigenvalue weighted by Crippen LogP contribution is -2.49. The van der Waals surface area contributed by atoms with Crippen LogP contribution in [0.4, 0.5) is 5.82 Å². The van der Waals surface area contributed by atoms with Crippen LogP contribution >= 0.6 is 11.8 Å². The highest BCUT2D eigenvalue weighted by Crippen LogP contribution is 2.24.